The standard InChI is InChI=1S/C52H33NO2/c1-2-13-43-36(9-1)10-8-16-44(43)39-12-7-11-37(31-39)34-19-24-40(25-20-34)53(42-28-29-47-45-14-3-5-17-49(45)55-52(47)33-42)41-26-21-35(22-27-41)38-23-30-51-48(32-38)46-15-4-6-18-50(46)54-51/h1-33H. The van der Waals surface area contributed by atoms with Crippen LogP contribution in [0.2, 0.25) is 0 Å². The molecule has 0 saturated carbocycles. The molecule has 0 saturated heterocycles. The van der Waals surface area contributed by atoms with Gasteiger partial charge in [0.1, 0.15) is 22.3 Å². The highest BCUT2D eigenvalue weighted by Crippen LogP contribution is 2.41. The summed E-state index contributed by atoms with van der Waals surface area (Å²) in [4.78, 5) is 2.31. The van der Waals surface area contributed by atoms with E-state index in [1.54, 1.807) is 0 Å². The van der Waals surface area contributed by atoms with Gasteiger partial charge in [-0.2, -0.15) is 0 Å². The molecular weight excluding hydrogens is 671 g/mol. The first-order valence-electron chi connectivity index (χ1n) is 18.7. The van der Waals surface area contributed by atoms with Crippen molar-refractivity contribution in [3.63, 3.8) is 0 Å². The van der Waals surface area contributed by atoms with Crippen LogP contribution >= 0.6 is 0 Å². The van der Waals surface area contributed by atoms with Gasteiger partial charge in [0.05, 0.1) is 0 Å². The van der Waals surface area contributed by atoms with Crippen molar-refractivity contribution in [2.24, 2.45) is 0 Å². The van der Waals surface area contributed by atoms with Gasteiger partial charge in [-0.05, 0) is 111 Å². The molecule has 2 aromatic heterocycles. The first-order valence-corrected chi connectivity index (χ1v) is 18.7. The zero-order chi connectivity index (χ0) is 36.3. The second-order valence-corrected chi connectivity index (χ2v) is 14.1. The lowest BCUT2D eigenvalue weighted by atomic mass is 9.95. The van der Waals surface area contributed by atoms with Crippen LogP contribution in [0.25, 0.3) is 88.0 Å². The summed E-state index contributed by atoms with van der Waals surface area (Å²) in [6, 6.07) is 71.1. The molecule has 11 aromatic rings. The molecule has 0 amide bonds. The smallest absolute Gasteiger partial charge is 0.137 e. The lowest BCUT2D eigenvalue weighted by Crippen LogP contribution is -2.09. The number of para-hydroxylation sites is 2. The molecule has 0 spiro atoms. The van der Waals surface area contributed by atoms with Crippen molar-refractivity contribution < 1.29 is 8.83 Å². The quantitative estimate of drug-likeness (QED) is 0.173. The molecule has 0 bridgehead atoms. The Balaban J connectivity index is 0.984. The highest BCUT2D eigenvalue weighted by atomic mass is 16.3. The fourth-order valence-electron chi connectivity index (χ4n) is 8.16. The van der Waals surface area contributed by atoms with Crippen LogP contribution in [0.5, 0.6) is 0 Å². The maximum atomic E-state index is 6.37. The number of anilines is 3. The SMILES string of the molecule is c1cc(-c2ccc(N(c3ccc(-c4ccc5oc6ccccc6c5c4)cc3)c3ccc4c(c3)oc3ccccc34)cc2)cc(-c2cccc3ccccc23)c1. The van der Waals surface area contributed by atoms with E-state index in [-0.39, 0.29) is 0 Å². The van der Waals surface area contributed by atoms with Crippen LogP contribution in [-0.4, -0.2) is 0 Å². The molecule has 0 unspecified atom stereocenters. The van der Waals surface area contributed by atoms with Gasteiger partial charge >= 0.3 is 0 Å². The van der Waals surface area contributed by atoms with Gasteiger partial charge in [0, 0.05) is 44.7 Å². The Hall–Kier alpha value is -7.36. The first-order chi connectivity index (χ1) is 27.2. The number of hydrogen-bond donors (Lipinski definition) is 0. The Labute approximate surface area is 317 Å². The van der Waals surface area contributed by atoms with E-state index in [2.05, 4.69) is 181 Å². The molecule has 0 radical (unpaired) electrons. The molecule has 0 atom stereocenters. The molecule has 2 heterocycles. The molecule has 0 aliphatic rings. The minimum absolute atomic E-state index is 0.864. The number of benzene rings is 9. The topological polar surface area (TPSA) is 29.5 Å². The van der Waals surface area contributed by atoms with Crippen molar-refractivity contribution in [1.82, 2.24) is 0 Å². The van der Waals surface area contributed by atoms with Crippen LogP contribution in [0.15, 0.2) is 209 Å². The van der Waals surface area contributed by atoms with E-state index in [4.69, 9.17) is 8.83 Å². The van der Waals surface area contributed by atoms with Crippen LogP contribution in [0.3, 0.4) is 0 Å². The van der Waals surface area contributed by atoms with E-state index in [1.807, 2.05) is 24.3 Å². The summed E-state index contributed by atoms with van der Waals surface area (Å²) in [5.74, 6) is 0. The molecule has 3 nitrogen and oxygen atoms in total. The minimum atomic E-state index is 0.864. The van der Waals surface area contributed by atoms with Crippen molar-refractivity contribution in [3.8, 4) is 33.4 Å². The lowest BCUT2D eigenvalue weighted by Gasteiger charge is -2.26. The largest absolute Gasteiger partial charge is 0.456 e. The molecule has 258 valence electrons. The summed E-state index contributed by atoms with van der Waals surface area (Å²) < 4.78 is 12.5. The van der Waals surface area contributed by atoms with E-state index in [9.17, 15) is 0 Å². The van der Waals surface area contributed by atoms with Gasteiger partial charge in [-0.25, -0.2) is 0 Å². The molecule has 55 heavy (non-hydrogen) atoms. The first kappa shape index (κ1) is 31.2. The monoisotopic (exact) mass is 703 g/mol. The van der Waals surface area contributed by atoms with Gasteiger partial charge in [0.15, 0.2) is 0 Å². The fourth-order valence-corrected chi connectivity index (χ4v) is 8.16. The third kappa shape index (κ3) is 5.36. The van der Waals surface area contributed by atoms with E-state index < -0.39 is 0 Å². The van der Waals surface area contributed by atoms with Crippen LogP contribution in [-0.2, 0) is 0 Å². The summed E-state index contributed by atoms with van der Waals surface area (Å²) in [5, 5.41) is 7.00. The molecule has 0 fully saturated rings. The molecular formula is C52H33NO2. The van der Waals surface area contributed by atoms with Crippen molar-refractivity contribution in [2.75, 3.05) is 4.90 Å². The average molecular weight is 704 g/mol. The number of rotatable bonds is 6. The second-order valence-electron chi connectivity index (χ2n) is 14.1. The van der Waals surface area contributed by atoms with Crippen LogP contribution in [0.4, 0.5) is 17.1 Å². The predicted octanol–water partition coefficient (Wildman–Crippen LogP) is 15.1. The minimum Gasteiger partial charge on any atom is -0.456 e. The Morgan fingerprint density at radius 1 is 0.273 bits per heavy atom. The highest BCUT2D eigenvalue weighted by molar-refractivity contribution is 6.07. The van der Waals surface area contributed by atoms with Crippen molar-refractivity contribution in [2.45, 2.75) is 0 Å². The Kier molecular flexibility index (Phi) is 7.17. The summed E-state index contributed by atoms with van der Waals surface area (Å²) >= 11 is 0. The van der Waals surface area contributed by atoms with Gasteiger partial charge in [-0.1, -0.05) is 127 Å². The number of hydrogen-bond acceptors (Lipinski definition) is 3. The Morgan fingerprint density at radius 2 is 0.782 bits per heavy atom. The van der Waals surface area contributed by atoms with Gasteiger partial charge in [-0.15, -0.1) is 0 Å². The molecule has 0 N–H and O–H groups in total. The van der Waals surface area contributed by atoms with Gasteiger partial charge in [0.25, 0.3) is 0 Å². The third-order valence-corrected chi connectivity index (χ3v) is 10.9. The van der Waals surface area contributed by atoms with Gasteiger partial charge < -0.3 is 13.7 Å². The van der Waals surface area contributed by atoms with Gasteiger partial charge in [-0.3, -0.25) is 0 Å². The highest BCUT2D eigenvalue weighted by Gasteiger charge is 2.17. The molecule has 3 heteroatoms. The summed E-state index contributed by atoms with van der Waals surface area (Å²) in [7, 11) is 0. The summed E-state index contributed by atoms with van der Waals surface area (Å²) in [6.45, 7) is 0. The zero-order valence-electron chi connectivity index (χ0n) is 29.8. The molecule has 0 aliphatic heterocycles. The second kappa shape index (κ2) is 12.6. The maximum absolute atomic E-state index is 6.37. The lowest BCUT2D eigenvalue weighted by molar-refractivity contribution is 0.668. The summed E-state index contributed by atoms with van der Waals surface area (Å²) in [5.41, 5.74) is 13.8. The summed E-state index contributed by atoms with van der Waals surface area (Å²) in [6.07, 6.45) is 0. The predicted molar refractivity (Wildman–Crippen MR) is 229 cm³/mol. The maximum Gasteiger partial charge on any atom is 0.137 e. The molecule has 0 aliphatic carbocycles. The van der Waals surface area contributed by atoms with Gasteiger partial charge in [0.2, 0.25) is 0 Å². The number of nitrogens with zero attached hydrogens (tertiary/aromatic N) is 1. The van der Waals surface area contributed by atoms with E-state index in [1.165, 1.54) is 27.5 Å². The Bertz CT molecular complexity index is 3200. The fraction of sp³-hybridized carbons (Fsp3) is 0. The van der Waals surface area contributed by atoms with Crippen LogP contribution in [0, 0.1) is 0 Å². The van der Waals surface area contributed by atoms with E-state index >= 15 is 0 Å². The van der Waals surface area contributed by atoms with Crippen LogP contribution < -0.4 is 4.90 Å². The van der Waals surface area contributed by atoms with E-state index in [0.29, 0.717) is 0 Å². The third-order valence-electron chi connectivity index (χ3n) is 10.9. The van der Waals surface area contributed by atoms with Crippen LogP contribution in [0.1, 0.15) is 0 Å². The van der Waals surface area contributed by atoms with Crippen molar-refractivity contribution in [3.05, 3.63) is 200 Å². The zero-order valence-corrected chi connectivity index (χ0v) is 29.8. The van der Waals surface area contributed by atoms with Crippen molar-refractivity contribution in [1.29, 1.82) is 0 Å². The Morgan fingerprint density at radius 3 is 1.53 bits per heavy atom. The van der Waals surface area contributed by atoms with E-state index in [0.717, 1.165) is 77.6 Å². The molecule has 11 rings (SSSR count). The number of furan rings is 2. The normalized spacial score (nSPS) is 11.6. The average Bonchev–Trinajstić information content (AvgIpc) is 3.82. The number of fused-ring (bicyclic) bond motifs is 7. The van der Waals surface area contributed by atoms with Crippen molar-refractivity contribution >= 4 is 71.7 Å². The molecule has 9 aromatic carbocycles.